The molecule has 7 heteroatoms. The summed E-state index contributed by atoms with van der Waals surface area (Å²) in [5.74, 6) is 2.51. The summed E-state index contributed by atoms with van der Waals surface area (Å²) in [4.78, 5) is 15.8. The summed E-state index contributed by atoms with van der Waals surface area (Å²) in [7, 11) is 0. The van der Waals surface area contributed by atoms with Crippen LogP contribution < -0.4 is 10.2 Å². The fraction of sp³-hybridized carbons (Fsp3) is 0.368. The number of aromatic nitrogens is 5. The molecule has 0 spiro atoms. The van der Waals surface area contributed by atoms with Crippen LogP contribution in [0.3, 0.4) is 0 Å². The molecule has 26 heavy (non-hydrogen) atoms. The van der Waals surface area contributed by atoms with E-state index in [1.54, 1.807) is 12.4 Å². The summed E-state index contributed by atoms with van der Waals surface area (Å²) in [6.07, 6.45) is 7.83. The van der Waals surface area contributed by atoms with Crippen molar-refractivity contribution in [2.75, 3.05) is 23.3 Å². The minimum Gasteiger partial charge on any atom is -0.365 e. The summed E-state index contributed by atoms with van der Waals surface area (Å²) in [5, 5.41) is 7.82. The highest BCUT2D eigenvalue weighted by molar-refractivity contribution is 5.43. The van der Waals surface area contributed by atoms with E-state index in [-0.39, 0.29) is 0 Å². The molecule has 1 saturated heterocycles. The first-order chi connectivity index (χ1) is 12.7. The number of nitrogens with zero attached hydrogens (tertiary/aromatic N) is 6. The molecule has 1 aliphatic rings. The van der Waals surface area contributed by atoms with Crippen LogP contribution in [0.4, 0.5) is 11.6 Å². The van der Waals surface area contributed by atoms with Crippen LogP contribution in [0.25, 0.3) is 5.82 Å². The third-order valence-electron chi connectivity index (χ3n) is 4.56. The lowest BCUT2D eigenvalue weighted by molar-refractivity contribution is 0.799. The number of aryl methyl sites for hydroxylation is 2. The second kappa shape index (κ2) is 7.11. The maximum Gasteiger partial charge on any atom is 0.174 e. The van der Waals surface area contributed by atoms with Crippen molar-refractivity contribution in [2.45, 2.75) is 33.2 Å². The van der Waals surface area contributed by atoms with E-state index in [4.69, 9.17) is 0 Å². The molecule has 134 valence electrons. The zero-order valence-corrected chi connectivity index (χ0v) is 15.2. The van der Waals surface area contributed by atoms with E-state index < -0.39 is 0 Å². The van der Waals surface area contributed by atoms with E-state index in [0.717, 1.165) is 36.1 Å². The topological polar surface area (TPSA) is 71.8 Å². The van der Waals surface area contributed by atoms with Gasteiger partial charge in [0.2, 0.25) is 0 Å². The highest BCUT2D eigenvalue weighted by Gasteiger charge is 2.13. The lowest BCUT2D eigenvalue weighted by Crippen LogP contribution is -2.19. The summed E-state index contributed by atoms with van der Waals surface area (Å²) >= 11 is 0. The van der Waals surface area contributed by atoms with Crippen molar-refractivity contribution in [3.63, 3.8) is 0 Å². The van der Waals surface area contributed by atoms with Gasteiger partial charge in [-0.25, -0.2) is 14.6 Å². The van der Waals surface area contributed by atoms with E-state index >= 15 is 0 Å². The van der Waals surface area contributed by atoms with Crippen molar-refractivity contribution < 1.29 is 0 Å². The number of nitrogens with one attached hydrogen (secondary N) is 1. The Morgan fingerprint density at radius 1 is 1.08 bits per heavy atom. The van der Waals surface area contributed by atoms with Gasteiger partial charge in [0.05, 0.1) is 18.1 Å². The number of hydrogen-bond acceptors (Lipinski definition) is 6. The molecular formula is C19H23N7. The zero-order chi connectivity index (χ0) is 17.9. The maximum atomic E-state index is 4.63. The molecule has 4 rings (SSSR count). The van der Waals surface area contributed by atoms with E-state index in [2.05, 4.69) is 36.3 Å². The molecule has 0 aromatic carbocycles. The molecule has 3 aromatic heterocycles. The van der Waals surface area contributed by atoms with Crippen molar-refractivity contribution in [3.05, 3.63) is 53.7 Å². The van der Waals surface area contributed by atoms with Crippen LogP contribution in [-0.4, -0.2) is 37.8 Å². The van der Waals surface area contributed by atoms with Crippen molar-refractivity contribution in [1.29, 1.82) is 0 Å². The Hall–Kier alpha value is -2.96. The van der Waals surface area contributed by atoms with E-state index in [1.165, 1.54) is 18.4 Å². The van der Waals surface area contributed by atoms with Crippen molar-refractivity contribution >= 4 is 11.6 Å². The minimum absolute atomic E-state index is 0.679. The van der Waals surface area contributed by atoms with E-state index in [0.29, 0.717) is 12.4 Å². The summed E-state index contributed by atoms with van der Waals surface area (Å²) in [6, 6.07) is 6.21. The van der Waals surface area contributed by atoms with E-state index in [1.807, 2.05) is 36.9 Å². The lowest BCUT2D eigenvalue weighted by Gasteiger charge is -2.17. The predicted octanol–water partition coefficient (Wildman–Crippen LogP) is 2.89. The average Bonchev–Trinajstić information content (AvgIpc) is 3.30. The van der Waals surface area contributed by atoms with Gasteiger partial charge >= 0.3 is 0 Å². The summed E-state index contributed by atoms with van der Waals surface area (Å²) in [6.45, 7) is 6.86. The maximum absolute atomic E-state index is 4.63. The Morgan fingerprint density at radius 3 is 2.69 bits per heavy atom. The smallest absolute Gasteiger partial charge is 0.174 e. The van der Waals surface area contributed by atoms with E-state index in [9.17, 15) is 0 Å². The van der Waals surface area contributed by atoms with Crippen LogP contribution >= 0.6 is 0 Å². The van der Waals surface area contributed by atoms with Gasteiger partial charge in [0.15, 0.2) is 5.82 Å². The standard InChI is InChI=1S/C19H23N7/c1-14-9-15(2)26(24-14)19-13-20-12-17(23-19)22-11-16-5-6-21-18(10-16)25-7-3-4-8-25/h5-6,9-10,12-13H,3-4,7-8,11H2,1-2H3,(H,22,23). The van der Waals surface area contributed by atoms with Crippen LogP contribution in [0.2, 0.25) is 0 Å². The fourth-order valence-electron chi connectivity index (χ4n) is 3.29. The molecule has 7 nitrogen and oxygen atoms in total. The first kappa shape index (κ1) is 16.5. The molecule has 3 aromatic rings. The second-order valence-corrected chi connectivity index (χ2v) is 6.67. The molecule has 0 radical (unpaired) electrons. The zero-order valence-electron chi connectivity index (χ0n) is 15.2. The van der Waals surface area contributed by atoms with Gasteiger partial charge < -0.3 is 10.2 Å². The predicted molar refractivity (Wildman–Crippen MR) is 102 cm³/mol. The highest BCUT2D eigenvalue weighted by atomic mass is 15.3. The van der Waals surface area contributed by atoms with Gasteiger partial charge in [0.1, 0.15) is 11.6 Å². The Bertz CT molecular complexity index is 896. The Labute approximate surface area is 153 Å². The van der Waals surface area contributed by atoms with Gasteiger partial charge in [0.25, 0.3) is 0 Å². The van der Waals surface area contributed by atoms with Gasteiger partial charge in [-0.3, -0.25) is 4.98 Å². The van der Waals surface area contributed by atoms with Crippen LogP contribution in [0.15, 0.2) is 36.8 Å². The summed E-state index contributed by atoms with van der Waals surface area (Å²) < 4.78 is 1.81. The minimum atomic E-state index is 0.679. The molecule has 1 aliphatic heterocycles. The van der Waals surface area contributed by atoms with Gasteiger partial charge in [-0.15, -0.1) is 0 Å². The van der Waals surface area contributed by atoms with Crippen molar-refractivity contribution in [1.82, 2.24) is 24.7 Å². The normalized spacial score (nSPS) is 14.0. The van der Waals surface area contributed by atoms with Gasteiger partial charge in [-0.05, 0) is 50.5 Å². The quantitative estimate of drug-likeness (QED) is 0.764. The molecule has 0 aliphatic carbocycles. The van der Waals surface area contributed by atoms with Crippen LogP contribution in [0, 0.1) is 13.8 Å². The second-order valence-electron chi connectivity index (χ2n) is 6.67. The third-order valence-corrected chi connectivity index (χ3v) is 4.56. The lowest BCUT2D eigenvalue weighted by atomic mass is 10.2. The molecule has 0 saturated carbocycles. The number of pyridine rings is 1. The first-order valence-corrected chi connectivity index (χ1v) is 8.98. The largest absolute Gasteiger partial charge is 0.365 e. The monoisotopic (exact) mass is 349 g/mol. The van der Waals surface area contributed by atoms with Gasteiger partial charge in [-0.1, -0.05) is 0 Å². The van der Waals surface area contributed by atoms with Crippen LogP contribution in [-0.2, 0) is 6.54 Å². The average molecular weight is 349 g/mol. The van der Waals surface area contributed by atoms with Crippen molar-refractivity contribution in [2.24, 2.45) is 0 Å². The van der Waals surface area contributed by atoms with Crippen LogP contribution in [0.5, 0.6) is 0 Å². The Morgan fingerprint density at radius 2 is 1.92 bits per heavy atom. The van der Waals surface area contributed by atoms with Crippen molar-refractivity contribution in [3.8, 4) is 5.82 Å². The molecular weight excluding hydrogens is 326 g/mol. The molecule has 0 atom stereocenters. The molecule has 0 amide bonds. The molecule has 1 N–H and O–H groups in total. The number of anilines is 2. The van der Waals surface area contributed by atoms with Gasteiger partial charge in [0, 0.05) is 31.5 Å². The van der Waals surface area contributed by atoms with Crippen LogP contribution in [0.1, 0.15) is 29.8 Å². The Balaban J connectivity index is 1.47. The first-order valence-electron chi connectivity index (χ1n) is 8.98. The Kier molecular flexibility index (Phi) is 4.51. The third kappa shape index (κ3) is 3.51. The highest BCUT2D eigenvalue weighted by Crippen LogP contribution is 2.19. The fourth-order valence-corrected chi connectivity index (χ4v) is 3.29. The van der Waals surface area contributed by atoms with Gasteiger partial charge in [-0.2, -0.15) is 5.10 Å². The molecule has 0 bridgehead atoms. The molecule has 4 heterocycles. The SMILES string of the molecule is Cc1cc(C)n(-c2cncc(NCc3ccnc(N4CCCC4)c3)n2)n1. The molecule has 1 fully saturated rings. The molecule has 0 unspecified atom stereocenters. The number of hydrogen-bond donors (Lipinski definition) is 1. The number of rotatable bonds is 5. The summed E-state index contributed by atoms with van der Waals surface area (Å²) in [5.41, 5.74) is 3.19.